The van der Waals surface area contributed by atoms with Gasteiger partial charge < -0.3 is 10.5 Å². The van der Waals surface area contributed by atoms with Gasteiger partial charge in [-0.05, 0) is 43.0 Å². The van der Waals surface area contributed by atoms with Crippen LogP contribution in [-0.4, -0.2) is 32.0 Å². The van der Waals surface area contributed by atoms with Crippen LogP contribution in [0.5, 0.6) is 5.75 Å². The lowest BCUT2D eigenvalue weighted by Gasteiger charge is -2.19. The number of aryl methyl sites for hydroxylation is 2. The first-order valence-corrected chi connectivity index (χ1v) is 11.1. The summed E-state index contributed by atoms with van der Waals surface area (Å²) in [5.74, 6) is 0.868. The zero-order valence-electron chi connectivity index (χ0n) is 18.5. The Morgan fingerprint density at radius 3 is 2.31 bits per heavy atom. The Bertz CT molecular complexity index is 1080. The number of carbonyl (C=O) groups is 2. The summed E-state index contributed by atoms with van der Waals surface area (Å²) >= 11 is 1.23. The van der Waals surface area contributed by atoms with Crippen LogP contribution < -0.4 is 15.8 Å². The molecule has 0 aliphatic carbocycles. The molecular weight excluding hydrogens is 426 g/mol. The van der Waals surface area contributed by atoms with Gasteiger partial charge in [0.15, 0.2) is 11.0 Å². The van der Waals surface area contributed by atoms with E-state index < -0.39 is 17.2 Å². The zero-order valence-corrected chi connectivity index (χ0v) is 19.3. The van der Waals surface area contributed by atoms with Crippen LogP contribution in [0.15, 0.2) is 53.7 Å². The van der Waals surface area contributed by atoms with E-state index in [0.29, 0.717) is 11.0 Å². The first kappa shape index (κ1) is 23.3. The van der Waals surface area contributed by atoms with Gasteiger partial charge in [-0.3, -0.25) is 14.7 Å². The maximum atomic E-state index is 12.5. The number of nitrogens with one attached hydrogen (secondary N) is 1. The maximum Gasteiger partial charge on any atom is 0.318 e. The highest BCUT2D eigenvalue weighted by Gasteiger charge is 2.28. The minimum Gasteiger partial charge on any atom is -0.485 e. The summed E-state index contributed by atoms with van der Waals surface area (Å²) in [6.07, 6.45) is 0. The van der Waals surface area contributed by atoms with Gasteiger partial charge in [0.05, 0.1) is 5.25 Å². The summed E-state index contributed by atoms with van der Waals surface area (Å²) in [6.45, 7) is 7.99. The van der Waals surface area contributed by atoms with Crippen LogP contribution in [0.4, 0.5) is 4.79 Å². The van der Waals surface area contributed by atoms with E-state index in [0.717, 1.165) is 22.6 Å². The van der Waals surface area contributed by atoms with E-state index in [1.165, 1.54) is 11.8 Å². The van der Waals surface area contributed by atoms with E-state index in [-0.39, 0.29) is 12.5 Å². The molecule has 3 amide bonds. The van der Waals surface area contributed by atoms with E-state index in [2.05, 4.69) is 15.5 Å². The quantitative estimate of drug-likeness (QED) is 0.502. The SMILES string of the molecule is Cc1cccc(C)c1OCc1nnc(S[C@@H](C(=O)NC(N)=O)C(C)C)n1-c1ccccc1. The van der Waals surface area contributed by atoms with Gasteiger partial charge in [0.25, 0.3) is 0 Å². The van der Waals surface area contributed by atoms with Gasteiger partial charge in [0.1, 0.15) is 12.4 Å². The molecule has 8 nitrogen and oxygen atoms in total. The van der Waals surface area contributed by atoms with Crippen molar-refractivity contribution in [1.29, 1.82) is 0 Å². The van der Waals surface area contributed by atoms with Crippen molar-refractivity contribution in [3.63, 3.8) is 0 Å². The molecule has 3 rings (SSSR count). The highest BCUT2D eigenvalue weighted by Crippen LogP contribution is 2.30. The van der Waals surface area contributed by atoms with Gasteiger partial charge in [0.2, 0.25) is 5.91 Å². The van der Waals surface area contributed by atoms with Crippen molar-refractivity contribution < 1.29 is 14.3 Å². The molecule has 0 saturated carbocycles. The molecule has 0 fully saturated rings. The second-order valence-electron chi connectivity index (χ2n) is 7.72. The number of amides is 3. The van der Waals surface area contributed by atoms with Crippen LogP contribution in [0.3, 0.4) is 0 Å². The summed E-state index contributed by atoms with van der Waals surface area (Å²) in [5, 5.41) is 10.8. The fraction of sp³-hybridized carbons (Fsp3) is 0.304. The molecule has 168 valence electrons. The van der Waals surface area contributed by atoms with Crippen LogP contribution >= 0.6 is 11.8 Å². The number of carbonyl (C=O) groups excluding carboxylic acids is 2. The normalized spacial score (nSPS) is 11.9. The third-order valence-corrected chi connectivity index (χ3v) is 6.30. The Balaban J connectivity index is 1.94. The Morgan fingerprint density at radius 2 is 1.72 bits per heavy atom. The van der Waals surface area contributed by atoms with Crippen molar-refractivity contribution in [3.05, 3.63) is 65.5 Å². The fourth-order valence-corrected chi connectivity index (χ4v) is 4.34. The standard InChI is InChI=1S/C23H27N5O3S/c1-14(2)20(21(29)25-22(24)30)32-23-27-26-18(28(23)17-11-6-5-7-12-17)13-31-19-15(3)9-8-10-16(19)4/h5-12,14,20H,13H2,1-4H3,(H3,24,25,29,30)/t20-/m1/s1. The predicted octanol–water partition coefficient (Wildman–Crippen LogP) is 3.77. The number of imide groups is 1. The Labute approximate surface area is 191 Å². The largest absolute Gasteiger partial charge is 0.485 e. The molecule has 1 aromatic heterocycles. The summed E-state index contributed by atoms with van der Waals surface area (Å²) in [5.41, 5.74) is 8.06. The fourth-order valence-electron chi connectivity index (χ4n) is 3.27. The van der Waals surface area contributed by atoms with E-state index in [1.54, 1.807) is 0 Å². The number of nitrogens with two attached hydrogens (primary N) is 1. The highest BCUT2D eigenvalue weighted by molar-refractivity contribution is 8.00. The second kappa shape index (κ2) is 10.3. The summed E-state index contributed by atoms with van der Waals surface area (Å²) in [6, 6.07) is 14.7. The molecule has 2 aromatic carbocycles. The zero-order chi connectivity index (χ0) is 23.3. The Kier molecular flexibility index (Phi) is 7.53. The molecule has 0 aliphatic rings. The maximum absolute atomic E-state index is 12.5. The predicted molar refractivity (Wildman–Crippen MR) is 124 cm³/mol. The van der Waals surface area contributed by atoms with Crippen LogP contribution in [0, 0.1) is 19.8 Å². The third-order valence-electron chi connectivity index (χ3n) is 4.81. The molecule has 3 N–H and O–H groups in total. The lowest BCUT2D eigenvalue weighted by molar-refractivity contribution is -0.120. The molecule has 0 saturated heterocycles. The number of urea groups is 1. The van der Waals surface area contributed by atoms with E-state index in [9.17, 15) is 9.59 Å². The second-order valence-corrected chi connectivity index (χ2v) is 8.82. The van der Waals surface area contributed by atoms with Crippen molar-refractivity contribution in [2.24, 2.45) is 11.7 Å². The molecule has 1 heterocycles. The molecule has 0 aliphatic heterocycles. The number of aromatic nitrogens is 3. The van der Waals surface area contributed by atoms with Gasteiger partial charge in [0, 0.05) is 5.69 Å². The molecule has 0 radical (unpaired) electrons. The van der Waals surface area contributed by atoms with Crippen LogP contribution in [0.2, 0.25) is 0 Å². The van der Waals surface area contributed by atoms with Gasteiger partial charge in [-0.25, -0.2) is 4.79 Å². The highest BCUT2D eigenvalue weighted by atomic mass is 32.2. The number of thioether (sulfide) groups is 1. The van der Waals surface area contributed by atoms with Crippen molar-refractivity contribution in [2.75, 3.05) is 0 Å². The molecule has 0 unspecified atom stereocenters. The molecule has 3 aromatic rings. The average molecular weight is 454 g/mol. The van der Waals surface area contributed by atoms with Crippen molar-refractivity contribution in [3.8, 4) is 11.4 Å². The number of hydrogen-bond acceptors (Lipinski definition) is 6. The average Bonchev–Trinajstić information content (AvgIpc) is 3.14. The van der Waals surface area contributed by atoms with Crippen LogP contribution in [0.25, 0.3) is 5.69 Å². The number of nitrogens with zero attached hydrogens (tertiary/aromatic N) is 3. The number of rotatable bonds is 8. The van der Waals surface area contributed by atoms with Crippen LogP contribution in [-0.2, 0) is 11.4 Å². The van der Waals surface area contributed by atoms with E-state index in [1.807, 2.05) is 80.8 Å². The van der Waals surface area contributed by atoms with E-state index in [4.69, 9.17) is 10.5 Å². The monoisotopic (exact) mass is 453 g/mol. The number of benzene rings is 2. The van der Waals surface area contributed by atoms with Gasteiger partial charge in [-0.1, -0.05) is 62.0 Å². The van der Waals surface area contributed by atoms with Crippen LogP contribution in [0.1, 0.15) is 30.8 Å². The topological polar surface area (TPSA) is 112 Å². The molecule has 0 spiro atoms. The molecule has 32 heavy (non-hydrogen) atoms. The Hall–Kier alpha value is -3.33. The number of primary amides is 1. The lowest BCUT2D eigenvalue weighted by Crippen LogP contribution is -2.42. The van der Waals surface area contributed by atoms with Gasteiger partial charge >= 0.3 is 6.03 Å². The van der Waals surface area contributed by atoms with Crippen molar-refractivity contribution >= 4 is 23.7 Å². The molecular formula is C23H27N5O3S. The number of hydrogen-bond donors (Lipinski definition) is 2. The smallest absolute Gasteiger partial charge is 0.318 e. The lowest BCUT2D eigenvalue weighted by atomic mass is 10.1. The van der Waals surface area contributed by atoms with E-state index >= 15 is 0 Å². The molecule has 1 atom stereocenters. The summed E-state index contributed by atoms with van der Waals surface area (Å²) in [4.78, 5) is 23.7. The molecule has 9 heteroatoms. The number of para-hydroxylation sites is 2. The van der Waals surface area contributed by atoms with Crippen molar-refractivity contribution in [2.45, 2.75) is 44.7 Å². The minimum absolute atomic E-state index is 0.0745. The first-order valence-electron chi connectivity index (χ1n) is 10.2. The Morgan fingerprint density at radius 1 is 1.06 bits per heavy atom. The first-order chi connectivity index (χ1) is 15.3. The van der Waals surface area contributed by atoms with Crippen molar-refractivity contribution in [1.82, 2.24) is 20.1 Å². The minimum atomic E-state index is -0.881. The molecule has 0 bridgehead atoms. The third kappa shape index (κ3) is 5.47. The summed E-state index contributed by atoms with van der Waals surface area (Å²) in [7, 11) is 0. The van der Waals surface area contributed by atoms with Gasteiger partial charge in [-0.15, -0.1) is 10.2 Å². The number of ether oxygens (including phenoxy) is 1. The summed E-state index contributed by atoms with van der Waals surface area (Å²) < 4.78 is 7.97. The van der Waals surface area contributed by atoms with Gasteiger partial charge in [-0.2, -0.15) is 0 Å².